The third-order valence-electron chi connectivity index (χ3n) is 2.72. The Morgan fingerprint density at radius 1 is 1.11 bits per heavy atom. The normalized spacial score (nSPS) is 13.3. The first kappa shape index (κ1) is 12.5. The van der Waals surface area contributed by atoms with Crippen molar-refractivity contribution < 1.29 is 13.2 Å². The Labute approximate surface area is 103 Å². The number of H-pyrrole nitrogens is 1. The Bertz CT molecular complexity index is 486. The molecule has 0 saturated carbocycles. The van der Waals surface area contributed by atoms with Gasteiger partial charge in [-0.25, -0.2) is 0 Å². The van der Waals surface area contributed by atoms with Gasteiger partial charge in [-0.2, -0.15) is 13.2 Å². The summed E-state index contributed by atoms with van der Waals surface area (Å²) in [6.07, 6.45) is -0.710. The predicted molar refractivity (Wildman–Crippen MR) is 64.3 cm³/mol. The third-order valence-corrected chi connectivity index (χ3v) is 2.72. The molecule has 1 heterocycles. The van der Waals surface area contributed by atoms with Crippen molar-refractivity contribution in [1.82, 2.24) is 4.98 Å². The lowest BCUT2D eigenvalue weighted by atomic mass is 10.1. The van der Waals surface area contributed by atoms with E-state index in [0.717, 1.165) is 23.4 Å². The minimum atomic E-state index is -4.28. The molecular weight excluding hydrogens is 241 g/mol. The van der Waals surface area contributed by atoms with Crippen LogP contribution in [0, 0.1) is 0 Å². The van der Waals surface area contributed by atoms with Gasteiger partial charge in [0.25, 0.3) is 0 Å². The summed E-state index contributed by atoms with van der Waals surface area (Å²) in [4.78, 5) is 2.90. The van der Waals surface area contributed by atoms with Gasteiger partial charge in [0.15, 0.2) is 0 Å². The summed E-state index contributed by atoms with van der Waals surface area (Å²) in [6, 6.07) is 7.00. The van der Waals surface area contributed by atoms with Crippen LogP contribution in [-0.2, 0) is 6.18 Å². The van der Waals surface area contributed by atoms with Crippen LogP contribution in [0.5, 0.6) is 0 Å². The summed E-state index contributed by atoms with van der Waals surface area (Å²) in [5, 5.41) is 3.18. The fourth-order valence-electron chi connectivity index (χ4n) is 1.71. The van der Waals surface area contributed by atoms with Crippen molar-refractivity contribution >= 4 is 5.69 Å². The largest absolute Gasteiger partial charge is 0.416 e. The summed E-state index contributed by atoms with van der Waals surface area (Å²) in [5.74, 6) is 0. The van der Waals surface area contributed by atoms with E-state index in [2.05, 4.69) is 10.3 Å². The van der Waals surface area contributed by atoms with Gasteiger partial charge in [0.05, 0.1) is 11.3 Å². The number of anilines is 1. The first-order valence-electron chi connectivity index (χ1n) is 5.53. The van der Waals surface area contributed by atoms with E-state index >= 15 is 0 Å². The van der Waals surface area contributed by atoms with Gasteiger partial charge in [-0.15, -0.1) is 0 Å². The Morgan fingerprint density at radius 2 is 1.78 bits per heavy atom. The maximum atomic E-state index is 12.4. The Morgan fingerprint density at radius 3 is 2.28 bits per heavy atom. The van der Waals surface area contributed by atoms with Crippen LogP contribution in [0.1, 0.15) is 24.1 Å². The van der Waals surface area contributed by atoms with Crippen LogP contribution in [-0.4, -0.2) is 4.98 Å². The zero-order valence-electron chi connectivity index (χ0n) is 9.75. The molecule has 0 aliphatic carbocycles. The number of rotatable bonds is 3. The van der Waals surface area contributed by atoms with Crippen molar-refractivity contribution in [2.24, 2.45) is 0 Å². The highest BCUT2D eigenvalue weighted by Crippen LogP contribution is 2.30. The van der Waals surface area contributed by atoms with Crippen molar-refractivity contribution in [3.8, 4) is 0 Å². The second-order valence-corrected chi connectivity index (χ2v) is 4.09. The van der Waals surface area contributed by atoms with E-state index in [1.54, 1.807) is 12.4 Å². The number of benzene rings is 1. The zero-order chi connectivity index (χ0) is 13.2. The molecule has 0 aliphatic rings. The molecular formula is C13H13F3N2. The summed E-state index contributed by atoms with van der Waals surface area (Å²) >= 11 is 0. The van der Waals surface area contributed by atoms with Gasteiger partial charge < -0.3 is 10.3 Å². The van der Waals surface area contributed by atoms with Crippen LogP contribution in [0.4, 0.5) is 18.9 Å². The van der Waals surface area contributed by atoms with Crippen LogP contribution in [0.25, 0.3) is 0 Å². The van der Waals surface area contributed by atoms with Gasteiger partial charge in [-0.05, 0) is 30.7 Å². The van der Waals surface area contributed by atoms with Crippen molar-refractivity contribution in [3.05, 3.63) is 53.9 Å². The lowest BCUT2D eigenvalue weighted by Crippen LogP contribution is -2.08. The number of hydrogen-bond donors (Lipinski definition) is 2. The lowest BCUT2D eigenvalue weighted by Gasteiger charge is -2.15. The van der Waals surface area contributed by atoms with Crippen LogP contribution < -0.4 is 5.32 Å². The summed E-state index contributed by atoms with van der Waals surface area (Å²) in [5.41, 5.74) is 1.09. The van der Waals surface area contributed by atoms with E-state index < -0.39 is 11.7 Å². The molecule has 0 radical (unpaired) electrons. The van der Waals surface area contributed by atoms with Gasteiger partial charge in [0.1, 0.15) is 0 Å². The van der Waals surface area contributed by atoms with Crippen LogP contribution in [0.2, 0.25) is 0 Å². The van der Waals surface area contributed by atoms with Gasteiger partial charge >= 0.3 is 6.18 Å². The minimum absolute atomic E-state index is 0.0527. The van der Waals surface area contributed by atoms with Gasteiger partial charge in [-0.1, -0.05) is 12.1 Å². The summed E-state index contributed by atoms with van der Waals surface area (Å²) in [6.45, 7) is 1.90. The van der Waals surface area contributed by atoms with E-state index in [1.165, 1.54) is 12.1 Å². The SMILES string of the molecule is CC(Nc1cc[nH]c1)c1ccc(C(F)(F)F)cc1. The zero-order valence-corrected chi connectivity index (χ0v) is 9.75. The Balaban J connectivity index is 2.10. The highest BCUT2D eigenvalue weighted by molar-refractivity contribution is 5.43. The van der Waals surface area contributed by atoms with Crippen molar-refractivity contribution in [3.63, 3.8) is 0 Å². The molecule has 2 nitrogen and oxygen atoms in total. The highest BCUT2D eigenvalue weighted by atomic mass is 19.4. The second kappa shape index (κ2) is 4.76. The third kappa shape index (κ3) is 2.85. The molecule has 1 unspecified atom stereocenters. The van der Waals surface area contributed by atoms with Gasteiger partial charge in [0, 0.05) is 18.4 Å². The molecule has 1 aromatic heterocycles. The fourth-order valence-corrected chi connectivity index (χ4v) is 1.71. The number of alkyl halides is 3. The predicted octanol–water partition coefficient (Wildman–Crippen LogP) is 4.21. The Hall–Kier alpha value is -1.91. The van der Waals surface area contributed by atoms with E-state index in [9.17, 15) is 13.2 Å². The quantitative estimate of drug-likeness (QED) is 0.843. The molecule has 0 saturated heterocycles. The number of nitrogens with one attached hydrogen (secondary N) is 2. The second-order valence-electron chi connectivity index (χ2n) is 4.09. The monoisotopic (exact) mass is 254 g/mol. The average molecular weight is 254 g/mol. The van der Waals surface area contributed by atoms with E-state index in [4.69, 9.17) is 0 Å². The smallest absolute Gasteiger partial charge is 0.377 e. The van der Waals surface area contributed by atoms with Gasteiger partial charge in [-0.3, -0.25) is 0 Å². The van der Waals surface area contributed by atoms with Crippen LogP contribution in [0.3, 0.4) is 0 Å². The number of aromatic nitrogens is 1. The summed E-state index contributed by atoms with van der Waals surface area (Å²) < 4.78 is 37.2. The first-order chi connectivity index (χ1) is 8.47. The standard InChI is InChI=1S/C13H13F3N2/c1-9(18-12-6-7-17-8-12)10-2-4-11(5-3-10)13(14,15)16/h2-9,17-18H,1H3. The molecule has 2 rings (SSSR count). The molecule has 0 amide bonds. The molecule has 1 atom stereocenters. The topological polar surface area (TPSA) is 27.8 Å². The molecule has 0 fully saturated rings. The molecule has 2 N–H and O–H groups in total. The minimum Gasteiger partial charge on any atom is -0.377 e. The van der Waals surface area contributed by atoms with Crippen molar-refractivity contribution in [2.45, 2.75) is 19.1 Å². The molecule has 1 aromatic carbocycles. The van der Waals surface area contributed by atoms with Crippen molar-refractivity contribution in [2.75, 3.05) is 5.32 Å². The maximum Gasteiger partial charge on any atom is 0.416 e. The lowest BCUT2D eigenvalue weighted by molar-refractivity contribution is -0.137. The Kier molecular flexibility index (Phi) is 3.32. The molecule has 5 heteroatoms. The van der Waals surface area contributed by atoms with Gasteiger partial charge in [0.2, 0.25) is 0 Å². The molecule has 0 bridgehead atoms. The van der Waals surface area contributed by atoms with E-state index in [0.29, 0.717) is 0 Å². The number of halogens is 3. The summed E-state index contributed by atoms with van der Waals surface area (Å²) in [7, 11) is 0. The molecule has 2 aromatic rings. The molecule has 96 valence electrons. The number of aromatic amines is 1. The average Bonchev–Trinajstić information content (AvgIpc) is 2.81. The van der Waals surface area contributed by atoms with E-state index in [1.807, 2.05) is 13.0 Å². The van der Waals surface area contributed by atoms with Crippen LogP contribution in [0.15, 0.2) is 42.7 Å². The van der Waals surface area contributed by atoms with Crippen molar-refractivity contribution in [1.29, 1.82) is 0 Å². The van der Waals surface area contributed by atoms with E-state index in [-0.39, 0.29) is 6.04 Å². The molecule has 0 spiro atoms. The van der Waals surface area contributed by atoms with Crippen LogP contribution >= 0.6 is 0 Å². The number of hydrogen-bond acceptors (Lipinski definition) is 1. The first-order valence-corrected chi connectivity index (χ1v) is 5.53. The molecule has 0 aliphatic heterocycles. The fraction of sp³-hybridized carbons (Fsp3) is 0.231. The highest BCUT2D eigenvalue weighted by Gasteiger charge is 2.30. The maximum absolute atomic E-state index is 12.4. The molecule has 18 heavy (non-hydrogen) atoms.